The minimum absolute atomic E-state index is 0.0445. The van der Waals surface area contributed by atoms with Crippen LogP contribution in [0.4, 0.5) is 0 Å². The minimum atomic E-state index is -4.39. The Morgan fingerprint density at radius 1 is 0.588 bits per heavy atom. The number of ether oxygens (including phenoxy) is 2. The lowest BCUT2D eigenvalue weighted by atomic mass is 10.1. The highest BCUT2D eigenvalue weighted by Crippen LogP contribution is 2.43. The van der Waals surface area contributed by atoms with Crippen molar-refractivity contribution in [2.24, 2.45) is 5.73 Å². The Hall–Kier alpha value is -1.77. The van der Waals surface area contributed by atoms with Crippen molar-refractivity contribution in [3.63, 3.8) is 0 Å². The Kier molecular flexibility index (Phi) is 36.7. The topological polar surface area (TPSA) is 134 Å². The Bertz CT molecular complexity index is 939. The number of allylic oxidation sites excluding steroid dienone is 6. The summed E-state index contributed by atoms with van der Waals surface area (Å²) in [4.78, 5) is 34.7. The van der Waals surface area contributed by atoms with E-state index in [0.29, 0.717) is 12.8 Å². The van der Waals surface area contributed by atoms with E-state index in [2.05, 4.69) is 44.2 Å². The Morgan fingerprint density at radius 2 is 1.06 bits per heavy atom. The highest BCUT2D eigenvalue weighted by atomic mass is 31.2. The molecule has 0 aliphatic heterocycles. The predicted molar refractivity (Wildman–Crippen MR) is 210 cm³/mol. The maximum absolute atomic E-state index is 12.5. The second-order valence-corrected chi connectivity index (χ2v) is 14.9. The van der Waals surface area contributed by atoms with Crippen molar-refractivity contribution in [2.75, 3.05) is 26.4 Å². The second kappa shape index (κ2) is 38.0. The van der Waals surface area contributed by atoms with Crippen LogP contribution < -0.4 is 5.73 Å². The lowest BCUT2D eigenvalue weighted by Crippen LogP contribution is -2.29. The molecule has 0 amide bonds. The van der Waals surface area contributed by atoms with E-state index in [4.69, 9.17) is 24.3 Å². The van der Waals surface area contributed by atoms with E-state index in [1.165, 1.54) is 103 Å². The number of hydrogen-bond acceptors (Lipinski definition) is 8. The van der Waals surface area contributed by atoms with Crippen LogP contribution >= 0.6 is 7.82 Å². The van der Waals surface area contributed by atoms with Gasteiger partial charge in [0.2, 0.25) is 0 Å². The van der Waals surface area contributed by atoms with Crippen molar-refractivity contribution in [1.82, 2.24) is 0 Å². The average Bonchev–Trinajstić information content (AvgIpc) is 3.11. The van der Waals surface area contributed by atoms with Crippen LogP contribution in [0.15, 0.2) is 36.5 Å². The van der Waals surface area contributed by atoms with E-state index in [1.54, 1.807) is 0 Å². The highest BCUT2D eigenvalue weighted by Gasteiger charge is 2.25. The number of unbranched alkanes of at least 4 members (excludes halogenated alkanes) is 19. The molecule has 0 rings (SSSR count). The van der Waals surface area contributed by atoms with Crippen molar-refractivity contribution in [3.8, 4) is 0 Å². The van der Waals surface area contributed by atoms with Crippen LogP contribution in [0.2, 0.25) is 0 Å². The zero-order chi connectivity index (χ0) is 37.5. The summed E-state index contributed by atoms with van der Waals surface area (Å²) < 4.78 is 32.6. The molecule has 3 N–H and O–H groups in total. The fraction of sp³-hybridized carbons (Fsp3) is 0.805. The molecule has 0 aromatic carbocycles. The number of phosphoric ester groups is 1. The van der Waals surface area contributed by atoms with Gasteiger partial charge in [0, 0.05) is 19.4 Å². The van der Waals surface area contributed by atoms with Gasteiger partial charge in [-0.3, -0.25) is 18.6 Å². The van der Waals surface area contributed by atoms with Crippen molar-refractivity contribution >= 4 is 19.8 Å². The largest absolute Gasteiger partial charge is 0.472 e. The second-order valence-electron chi connectivity index (χ2n) is 13.5. The molecule has 0 heterocycles. The number of esters is 2. The standard InChI is InChI=1S/C41H76NO8P/c1-3-5-7-9-11-13-15-17-19-21-23-25-27-29-31-33-40(43)47-37-39(38-49-51(45,46)48-36-35-42)50-41(44)34-32-30-28-26-24-22-20-18-16-14-12-10-8-6-4-2/h18,20,24,26-27,29,39H,3-17,19,21-23,25,28,30-38,42H2,1-2H3,(H,45,46)/b20-18+,26-24+,29-27+/t39-/m1/s1. The normalized spacial score (nSPS) is 13.7. The van der Waals surface area contributed by atoms with Gasteiger partial charge in [0.15, 0.2) is 6.10 Å². The number of carbonyl (C=O) groups is 2. The lowest BCUT2D eigenvalue weighted by Gasteiger charge is -2.19. The van der Waals surface area contributed by atoms with Crippen LogP contribution in [0, 0.1) is 0 Å². The zero-order valence-corrected chi connectivity index (χ0v) is 33.5. The molecule has 9 nitrogen and oxygen atoms in total. The molecule has 0 spiro atoms. The van der Waals surface area contributed by atoms with E-state index in [0.717, 1.165) is 38.5 Å². The van der Waals surface area contributed by atoms with Crippen molar-refractivity contribution in [1.29, 1.82) is 0 Å². The molecule has 298 valence electrons. The molecular formula is C41H76NO8P. The summed E-state index contributed by atoms with van der Waals surface area (Å²) in [5.41, 5.74) is 5.33. The maximum Gasteiger partial charge on any atom is 0.472 e. The van der Waals surface area contributed by atoms with E-state index >= 15 is 0 Å². The Morgan fingerprint density at radius 3 is 1.59 bits per heavy atom. The fourth-order valence-corrected chi connectivity index (χ4v) is 6.21. The number of phosphoric acid groups is 1. The summed E-state index contributed by atoms with van der Waals surface area (Å²) >= 11 is 0. The van der Waals surface area contributed by atoms with Crippen molar-refractivity contribution in [3.05, 3.63) is 36.5 Å². The molecule has 2 atom stereocenters. The summed E-state index contributed by atoms with van der Waals surface area (Å²) in [6.45, 7) is 3.64. The van der Waals surface area contributed by atoms with Crippen LogP contribution in [0.3, 0.4) is 0 Å². The van der Waals surface area contributed by atoms with E-state index in [9.17, 15) is 19.0 Å². The van der Waals surface area contributed by atoms with Crippen LogP contribution in [0.25, 0.3) is 0 Å². The first-order valence-electron chi connectivity index (χ1n) is 20.5. The quantitative estimate of drug-likeness (QED) is 0.0274. The summed E-state index contributed by atoms with van der Waals surface area (Å²) in [5, 5.41) is 0. The molecule has 0 aliphatic carbocycles. The third-order valence-corrected chi connectivity index (χ3v) is 9.50. The third-order valence-electron chi connectivity index (χ3n) is 8.51. The summed E-state index contributed by atoms with van der Waals surface area (Å²) in [5.74, 6) is -0.923. The lowest BCUT2D eigenvalue weighted by molar-refractivity contribution is -0.161. The molecule has 0 saturated carbocycles. The molecular weight excluding hydrogens is 665 g/mol. The SMILES string of the molecule is CCCCCCCC/C=C/C/C=C/CCCCC(=O)O[C@H](COC(=O)CC/C=C/CCCCCCCCCCCCC)COP(=O)(O)OCCN. The zero-order valence-electron chi connectivity index (χ0n) is 32.6. The monoisotopic (exact) mass is 742 g/mol. The first-order chi connectivity index (χ1) is 24.8. The molecule has 0 aliphatic rings. The Labute approximate surface area is 312 Å². The van der Waals surface area contributed by atoms with Crippen molar-refractivity contribution < 1.29 is 37.6 Å². The van der Waals surface area contributed by atoms with E-state index in [1.807, 2.05) is 6.08 Å². The average molecular weight is 742 g/mol. The van der Waals surface area contributed by atoms with Gasteiger partial charge in [-0.15, -0.1) is 0 Å². The van der Waals surface area contributed by atoms with Gasteiger partial charge in [0.05, 0.1) is 13.2 Å². The van der Waals surface area contributed by atoms with Crippen LogP contribution in [-0.2, 0) is 32.7 Å². The van der Waals surface area contributed by atoms with Gasteiger partial charge in [-0.25, -0.2) is 4.57 Å². The van der Waals surface area contributed by atoms with Gasteiger partial charge in [0.1, 0.15) is 6.61 Å². The van der Waals surface area contributed by atoms with Crippen LogP contribution in [-0.4, -0.2) is 49.3 Å². The molecule has 0 bridgehead atoms. The van der Waals surface area contributed by atoms with E-state index in [-0.39, 0.29) is 32.6 Å². The number of carbonyl (C=O) groups excluding carboxylic acids is 2. The van der Waals surface area contributed by atoms with Crippen LogP contribution in [0.5, 0.6) is 0 Å². The van der Waals surface area contributed by atoms with Gasteiger partial charge in [-0.1, -0.05) is 147 Å². The minimum Gasteiger partial charge on any atom is -0.462 e. The molecule has 1 unspecified atom stereocenters. The van der Waals surface area contributed by atoms with Gasteiger partial charge in [-0.2, -0.15) is 0 Å². The molecule has 0 fully saturated rings. The first kappa shape index (κ1) is 49.2. The Balaban J connectivity index is 4.28. The number of hydrogen-bond donors (Lipinski definition) is 2. The first-order valence-corrected chi connectivity index (χ1v) is 22.0. The third kappa shape index (κ3) is 37.8. The molecule has 10 heteroatoms. The molecule has 0 aromatic heterocycles. The maximum atomic E-state index is 12.5. The van der Waals surface area contributed by atoms with Gasteiger partial charge >= 0.3 is 19.8 Å². The smallest absolute Gasteiger partial charge is 0.462 e. The predicted octanol–water partition coefficient (Wildman–Crippen LogP) is 11.4. The molecule has 0 aromatic rings. The molecule has 0 saturated heterocycles. The van der Waals surface area contributed by atoms with Crippen LogP contribution in [0.1, 0.15) is 181 Å². The summed E-state index contributed by atoms with van der Waals surface area (Å²) in [7, 11) is -4.39. The summed E-state index contributed by atoms with van der Waals surface area (Å²) in [6, 6.07) is 0. The number of rotatable bonds is 38. The highest BCUT2D eigenvalue weighted by molar-refractivity contribution is 7.47. The van der Waals surface area contributed by atoms with Gasteiger partial charge in [0.25, 0.3) is 0 Å². The van der Waals surface area contributed by atoms with E-state index < -0.39 is 32.5 Å². The molecule has 0 radical (unpaired) electrons. The summed E-state index contributed by atoms with van der Waals surface area (Å²) in [6.07, 6.45) is 40.5. The van der Waals surface area contributed by atoms with Gasteiger partial charge < -0.3 is 20.1 Å². The number of nitrogens with two attached hydrogens (primary N) is 1. The van der Waals surface area contributed by atoms with Gasteiger partial charge in [-0.05, 0) is 57.8 Å². The van der Waals surface area contributed by atoms with Crippen molar-refractivity contribution in [2.45, 2.75) is 187 Å². The molecule has 51 heavy (non-hydrogen) atoms. The fourth-order valence-electron chi connectivity index (χ4n) is 5.45.